The molecule has 1 saturated heterocycles. The van der Waals surface area contributed by atoms with Gasteiger partial charge in [-0.3, -0.25) is 14.1 Å². The van der Waals surface area contributed by atoms with Crippen molar-refractivity contribution in [3.05, 3.63) is 46.7 Å². The Hall–Kier alpha value is -2.04. The third-order valence-electron chi connectivity index (χ3n) is 9.68. The van der Waals surface area contributed by atoms with Gasteiger partial charge in [0.2, 0.25) is 6.41 Å². The fourth-order valence-corrected chi connectivity index (χ4v) is 7.52. The van der Waals surface area contributed by atoms with Crippen molar-refractivity contribution in [3.8, 4) is 0 Å². The molecule has 47 heavy (non-hydrogen) atoms. The third-order valence-corrected chi connectivity index (χ3v) is 10.8. The highest BCUT2D eigenvalue weighted by Gasteiger charge is 2.44. The van der Waals surface area contributed by atoms with Gasteiger partial charge in [0.25, 0.3) is 0 Å². The molecule has 2 heterocycles. The number of carbonyl (C=O) groups excluding carboxylic acids is 1. The molecule has 0 aromatic heterocycles. The average Bonchev–Trinajstić information content (AvgIpc) is 3.38. The van der Waals surface area contributed by atoms with Crippen LogP contribution in [-0.2, 0) is 22.5 Å². The summed E-state index contributed by atoms with van der Waals surface area (Å²) in [5, 5.41) is 6.46. The monoisotopic (exact) mass is 680 g/mol. The van der Waals surface area contributed by atoms with Crippen molar-refractivity contribution >= 4 is 24.2 Å². The molecule has 4 rings (SSSR count). The molecular formula is C37H59F3N4O2S. The second-order valence-electron chi connectivity index (χ2n) is 14.4. The van der Waals surface area contributed by atoms with Crippen molar-refractivity contribution in [1.82, 2.24) is 14.9 Å². The molecule has 0 atom stereocenters. The maximum Gasteiger partial charge on any atom is 0.389 e. The molecule has 1 aliphatic carbocycles. The van der Waals surface area contributed by atoms with Gasteiger partial charge in [-0.1, -0.05) is 56.0 Å². The first-order chi connectivity index (χ1) is 22.3. The summed E-state index contributed by atoms with van der Waals surface area (Å²) in [6.45, 7) is 13.0. The van der Waals surface area contributed by atoms with Gasteiger partial charge in [0.1, 0.15) is 11.4 Å². The molecule has 1 aromatic carbocycles. The number of amides is 1. The normalized spacial score (nSPS) is 22.4. The molecule has 2 fully saturated rings. The molecule has 6 nitrogen and oxygen atoms in total. The number of amidine groups is 1. The predicted molar refractivity (Wildman–Crippen MR) is 189 cm³/mol. The Morgan fingerprint density at radius 1 is 1.15 bits per heavy atom. The van der Waals surface area contributed by atoms with Crippen LogP contribution in [0.3, 0.4) is 0 Å². The number of unbranched alkanes of at least 4 members (excludes halogenated alkanes) is 2. The van der Waals surface area contributed by atoms with Crippen LogP contribution in [-0.4, -0.2) is 59.8 Å². The molecule has 2 N–H and O–H groups in total. The number of aryl methyl sites for hydroxylation is 2. The highest BCUT2D eigenvalue weighted by Crippen LogP contribution is 2.42. The Morgan fingerprint density at radius 2 is 1.83 bits per heavy atom. The van der Waals surface area contributed by atoms with E-state index < -0.39 is 12.6 Å². The molecule has 1 aromatic rings. The SMILES string of the molecule is CCCC/C=C1/NC(C2CCC(CCC(F)(F)F)CC2)=NC12CCN(SCCc1ccc(CNC=O)cc1C)CC2.COC(C)(C)C. The second-order valence-corrected chi connectivity index (χ2v) is 15.6. The highest BCUT2D eigenvalue weighted by molar-refractivity contribution is 7.97. The van der Waals surface area contributed by atoms with Crippen LogP contribution >= 0.6 is 11.9 Å². The summed E-state index contributed by atoms with van der Waals surface area (Å²) in [6, 6.07) is 6.43. The first-order valence-electron chi connectivity index (χ1n) is 17.6. The van der Waals surface area contributed by atoms with Crippen molar-refractivity contribution in [2.45, 2.75) is 136 Å². The number of benzene rings is 1. The number of hydrogen-bond donors (Lipinski definition) is 2. The summed E-state index contributed by atoms with van der Waals surface area (Å²) < 4.78 is 45.5. The maximum absolute atomic E-state index is 12.7. The number of halogens is 3. The number of nitrogens with zero attached hydrogens (tertiary/aromatic N) is 2. The Bertz CT molecular complexity index is 1170. The van der Waals surface area contributed by atoms with Gasteiger partial charge in [-0.15, -0.1) is 0 Å². The number of alkyl halides is 3. The van der Waals surface area contributed by atoms with Gasteiger partial charge in [0, 0.05) is 50.5 Å². The van der Waals surface area contributed by atoms with Gasteiger partial charge in [-0.2, -0.15) is 13.2 Å². The molecule has 1 saturated carbocycles. The zero-order valence-electron chi connectivity index (χ0n) is 29.6. The second kappa shape index (κ2) is 18.6. The molecular weight excluding hydrogens is 621 g/mol. The fourth-order valence-electron chi connectivity index (χ4n) is 6.51. The van der Waals surface area contributed by atoms with Crippen LogP contribution in [0.4, 0.5) is 13.2 Å². The van der Waals surface area contributed by atoms with Gasteiger partial charge < -0.3 is 15.4 Å². The van der Waals surface area contributed by atoms with Crippen LogP contribution in [0, 0.1) is 18.8 Å². The first kappa shape index (κ1) is 39.4. The van der Waals surface area contributed by atoms with Crippen molar-refractivity contribution in [2.24, 2.45) is 16.8 Å². The molecule has 2 aliphatic heterocycles. The molecule has 10 heteroatoms. The van der Waals surface area contributed by atoms with Crippen molar-refractivity contribution in [3.63, 3.8) is 0 Å². The smallest absolute Gasteiger partial charge is 0.379 e. The van der Waals surface area contributed by atoms with E-state index >= 15 is 0 Å². The van der Waals surface area contributed by atoms with Crippen LogP contribution in [0.1, 0.15) is 115 Å². The Kier molecular flexibility index (Phi) is 15.6. The molecule has 3 aliphatic rings. The van der Waals surface area contributed by atoms with E-state index in [1.54, 1.807) is 7.11 Å². The largest absolute Gasteiger partial charge is 0.389 e. The molecule has 266 valence electrons. The number of ether oxygens (including phenoxy) is 1. The van der Waals surface area contributed by atoms with E-state index in [0.29, 0.717) is 12.5 Å². The number of hydrogen-bond acceptors (Lipinski definition) is 6. The number of allylic oxidation sites excluding steroid dienone is 1. The Labute approximate surface area is 286 Å². The van der Waals surface area contributed by atoms with Gasteiger partial charge in [0.05, 0.1) is 5.60 Å². The minimum absolute atomic E-state index is 0.0417. The van der Waals surface area contributed by atoms with Gasteiger partial charge in [-0.05, 0) is 108 Å². The van der Waals surface area contributed by atoms with E-state index in [1.165, 1.54) is 16.8 Å². The average molecular weight is 681 g/mol. The van der Waals surface area contributed by atoms with Crippen LogP contribution in [0.5, 0.6) is 0 Å². The van der Waals surface area contributed by atoms with E-state index in [4.69, 9.17) is 9.73 Å². The van der Waals surface area contributed by atoms with E-state index in [9.17, 15) is 18.0 Å². The quantitative estimate of drug-likeness (QED) is 0.124. The predicted octanol–water partition coefficient (Wildman–Crippen LogP) is 8.92. The number of carbonyl (C=O) groups is 1. The Morgan fingerprint density at radius 3 is 2.40 bits per heavy atom. The van der Waals surface area contributed by atoms with E-state index in [-0.39, 0.29) is 23.5 Å². The lowest BCUT2D eigenvalue weighted by atomic mass is 9.79. The van der Waals surface area contributed by atoms with E-state index in [0.717, 1.165) is 101 Å². The standard InChI is InChI=1S/C32H47F3N4OS.C5H12O/c1-3-4-5-6-29-31(38-30(37-29)28-11-7-25(8-12-28)13-15-32(33,34)35)16-18-39(19-17-31)41-20-14-27-10-9-26(21-24(27)2)22-36-23-40;1-5(2,3)6-4/h6,9-10,21,23,25,28H,3-5,7-8,11-20,22H2,1-2H3,(H,36,40)(H,37,38);1-4H3/b29-6+;. The maximum atomic E-state index is 12.7. The summed E-state index contributed by atoms with van der Waals surface area (Å²) in [6.07, 6.45) is 8.63. The number of methoxy groups -OCH3 is 1. The van der Waals surface area contributed by atoms with Gasteiger partial charge in [-0.25, -0.2) is 0 Å². The molecule has 0 radical (unpaired) electrons. The lowest BCUT2D eigenvalue weighted by Gasteiger charge is -2.37. The van der Waals surface area contributed by atoms with Crippen LogP contribution in [0.25, 0.3) is 0 Å². The van der Waals surface area contributed by atoms with Crippen molar-refractivity contribution in [2.75, 3.05) is 26.0 Å². The van der Waals surface area contributed by atoms with Crippen LogP contribution in [0.2, 0.25) is 0 Å². The van der Waals surface area contributed by atoms with E-state index in [2.05, 4.69) is 53.1 Å². The van der Waals surface area contributed by atoms with Crippen LogP contribution < -0.4 is 10.6 Å². The van der Waals surface area contributed by atoms with Crippen molar-refractivity contribution < 1.29 is 22.7 Å². The summed E-state index contributed by atoms with van der Waals surface area (Å²) in [5.74, 6) is 2.64. The highest BCUT2D eigenvalue weighted by atomic mass is 32.2. The Balaban J connectivity index is 0.000000913. The zero-order valence-corrected chi connectivity index (χ0v) is 30.4. The summed E-state index contributed by atoms with van der Waals surface area (Å²) >= 11 is 1.93. The molecule has 1 spiro atoms. The van der Waals surface area contributed by atoms with Crippen LogP contribution in [0.15, 0.2) is 35.0 Å². The topological polar surface area (TPSA) is 66.0 Å². The van der Waals surface area contributed by atoms with Gasteiger partial charge in [0.15, 0.2) is 0 Å². The third kappa shape index (κ3) is 13.4. The summed E-state index contributed by atoms with van der Waals surface area (Å²) in [5.41, 5.74) is 4.88. The first-order valence-corrected chi connectivity index (χ1v) is 18.5. The minimum atomic E-state index is -4.05. The summed E-state index contributed by atoms with van der Waals surface area (Å²) in [4.78, 5) is 15.9. The number of rotatable bonds is 13. The fraction of sp³-hybridized carbons (Fsp3) is 0.730. The van der Waals surface area contributed by atoms with Crippen molar-refractivity contribution in [1.29, 1.82) is 0 Å². The lowest BCUT2D eigenvalue weighted by Crippen LogP contribution is -2.42. The summed E-state index contributed by atoms with van der Waals surface area (Å²) in [7, 11) is 1.71. The minimum Gasteiger partial charge on any atom is -0.379 e. The lowest BCUT2D eigenvalue weighted by molar-refractivity contribution is -0.138. The molecule has 0 unspecified atom stereocenters. The zero-order chi connectivity index (χ0) is 34.5. The number of piperidine rings is 1. The van der Waals surface area contributed by atoms with E-state index in [1.807, 2.05) is 32.7 Å². The molecule has 1 amide bonds. The van der Waals surface area contributed by atoms with Gasteiger partial charge >= 0.3 is 6.18 Å². The number of aliphatic imine (C=N–C) groups is 1. The molecule has 0 bridgehead atoms. The number of nitrogens with one attached hydrogen (secondary N) is 2.